The van der Waals surface area contributed by atoms with E-state index in [1.807, 2.05) is 18.2 Å². The van der Waals surface area contributed by atoms with Crippen molar-refractivity contribution in [1.82, 2.24) is 4.90 Å². The molecule has 0 aromatic heterocycles. The summed E-state index contributed by atoms with van der Waals surface area (Å²) in [6.07, 6.45) is -0.0904. The summed E-state index contributed by atoms with van der Waals surface area (Å²) in [5.74, 6) is 2.19. The number of nitrogens with one attached hydrogen (secondary N) is 1. The van der Waals surface area contributed by atoms with Crippen molar-refractivity contribution in [3.8, 4) is 17.2 Å². The fraction of sp³-hybridized carbons (Fsp3) is 0.350. The first-order valence-corrected chi connectivity index (χ1v) is 9.06. The van der Waals surface area contributed by atoms with Crippen LogP contribution in [-0.2, 0) is 0 Å². The van der Waals surface area contributed by atoms with Crippen LogP contribution in [0.5, 0.6) is 17.2 Å². The highest BCUT2D eigenvalue weighted by Gasteiger charge is 2.26. The first-order valence-electron chi connectivity index (χ1n) is 9.06. The number of fused-ring (bicyclic) bond motifs is 2. The third-order valence-electron chi connectivity index (χ3n) is 4.75. The maximum absolute atomic E-state index is 12.6. The van der Waals surface area contributed by atoms with Gasteiger partial charge in [-0.25, -0.2) is 4.79 Å². The smallest absolute Gasteiger partial charge is 0.321 e. The molecule has 2 aliphatic rings. The van der Waals surface area contributed by atoms with Crippen molar-refractivity contribution in [3.05, 3.63) is 42.5 Å². The van der Waals surface area contributed by atoms with Gasteiger partial charge in [-0.2, -0.15) is 0 Å². The summed E-state index contributed by atoms with van der Waals surface area (Å²) in [6, 6.07) is 13.2. The van der Waals surface area contributed by atoms with Gasteiger partial charge < -0.3 is 29.3 Å². The lowest BCUT2D eigenvalue weighted by Gasteiger charge is -2.37. The Morgan fingerprint density at radius 1 is 1.19 bits per heavy atom. The van der Waals surface area contributed by atoms with Gasteiger partial charge in [0.15, 0.2) is 11.5 Å². The second kappa shape index (κ2) is 7.26. The second-order valence-electron chi connectivity index (χ2n) is 6.62. The zero-order valence-electron chi connectivity index (χ0n) is 15.5. The van der Waals surface area contributed by atoms with Crippen LogP contribution >= 0.6 is 0 Å². The van der Waals surface area contributed by atoms with E-state index in [4.69, 9.17) is 14.2 Å². The first-order chi connectivity index (χ1) is 13.1. The molecule has 0 radical (unpaired) electrons. The van der Waals surface area contributed by atoms with Crippen LogP contribution in [0.25, 0.3) is 0 Å². The predicted molar refractivity (Wildman–Crippen MR) is 103 cm³/mol. The number of para-hydroxylation sites is 2. The monoisotopic (exact) mass is 369 g/mol. The minimum Gasteiger partial charge on any atom is -0.485 e. The minimum atomic E-state index is -0.195. The Morgan fingerprint density at radius 3 is 2.85 bits per heavy atom. The Balaban J connectivity index is 1.39. The molecule has 2 aromatic carbocycles. The van der Waals surface area contributed by atoms with Crippen molar-refractivity contribution in [2.24, 2.45) is 0 Å². The number of ether oxygens (including phenoxy) is 3. The molecule has 0 unspecified atom stereocenters. The van der Waals surface area contributed by atoms with Gasteiger partial charge >= 0.3 is 6.03 Å². The molecule has 1 N–H and O–H groups in total. The van der Waals surface area contributed by atoms with Gasteiger partial charge in [0.05, 0.1) is 18.8 Å². The van der Waals surface area contributed by atoms with Crippen molar-refractivity contribution in [2.45, 2.75) is 13.0 Å². The van der Waals surface area contributed by atoms with Crippen molar-refractivity contribution in [3.63, 3.8) is 0 Å². The van der Waals surface area contributed by atoms with Gasteiger partial charge in [-0.3, -0.25) is 0 Å². The molecule has 1 atom stereocenters. The number of likely N-dealkylation sites (N-methyl/N-ethyl adjacent to an activating group) is 2. The lowest BCUT2D eigenvalue weighted by Crippen LogP contribution is -2.47. The number of amides is 2. The fourth-order valence-corrected chi connectivity index (χ4v) is 3.36. The molecular formula is C20H23N3O4. The molecule has 27 heavy (non-hydrogen) atoms. The lowest BCUT2D eigenvalue weighted by atomic mass is 10.2. The van der Waals surface area contributed by atoms with Gasteiger partial charge in [0.2, 0.25) is 6.79 Å². The quantitative estimate of drug-likeness (QED) is 0.897. The van der Waals surface area contributed by atoms with E-state index in [1.165, 1.54) is 0 Å². The van der Waals surface area contributed by atoms with E-state index in [0.717, 1.165) is 24.5 Å². The minimum absolute atomic E-state index is 0.0904. The molecule has 2 aromatic rings. The number of carbonyl (C=O) groups is 1. The highest BCUT2D eigenvalue weighted by atomic mass is 16.7. The number of hydrogen-bond donors (Lipinski definition) is 1. The topological polar surface area (TPSA) is 63.3 Å². The molecule has 7 heteroatoms. The summed E-state index contributed by atoms with van der Waals surface area (Å²) in [4.78, 5) is 16.5. The normalized spacial score (nSPS) is 17.1. The maximum Gasteiger partial charge on any atom is 0.321 e. The molecule has 0 spiro atoms. The van der Waals surface area contributed by atoms with Crippen LogP contribution in [0, 0.1) is 0 Å². The third kappa shape index (κ3) is 3.58. The standard InChI is InChI=1S/C20H23N3O4/c1-3-23-12-15(27-17-7-5-4-6-16(17)23)11-22(2)20(24)21-14-8-9-18-19(10-14)26-13-25-18/h4-10,15H,3,11-13H2,1-2H3,(H,21,24)/t15-/m1/s1. The molecule has 2 amide bonds. The zero-order chi connectivity index (χ0) is 18.8. The SMILES string of the molecule is CCN1C[C@@H](CN(C)C(=O)Nc2ccc3c(c2)OCO3)Oc2ccccc21. The third-order valence-corrected chi connectivity index (χ3v) is 4.75. The predicted octanol–water partition coefficient (Wildman–Crippen LogP) is 3.17. The van der Waals surface area contributed by atoms with E-state index >= 15 is 0 Å². The molecule has 4 rings (SSSR count). The van der Waals surface area contributed by atoms with Crippen LogP contribution in [0.15, 0.2) is 42.5 Å². The zero-order valence-corrected chi connectivity index (χ0v) is 15.5. The average Bonchev–Trinajstić information content (AvgIpc) is 3.15. The molecule has 2 aliphatic heterocycles. The van der Waals surface area contributed by atoms with Crippen LogP contribution in [0.2, 0.25) is 0 Å². The Bertz CT molecular complexity index is 842. The van der Waals surface area contributed by atoms with Gasteiger partial charge in [-0.15, -0.1) is 0 Å². The number of nitrogens with zero attached hydrogens (tertiary/aromatic N) is 2. The Hall–Kier alpha value is -3.09. The fourth-order valence-electron chi connectivity index (χ4n) is 3.36. The summed E-state index contributed by atoms with van der Waals surface area (Å²) in [5, 5.41) is 2.89. The molecule has 0 fully saturated rings. The Morgan fingerprint density at radius 2 is 2.00 bits per heavy atom. The van der Waals surface area contributed by atoms with E-state index in [0.29, 0.717) is 23.7 Å². The van der Waals surface area contributed by atoms with Crippen LogP contribution in [-0.4, -0.2) is 50.5 Å². The van der Waals surface area contributed by atoms with Crippen LogP contribution in [0.3, 0.4) is 0 Å². The van der Waals surface area contributed by atoms with Gasteiger partial charge in [0.1, 0.15) is 11.9 Å². The van der Waals surface area contributed by atoms with Crippen LogP contribution < -0.4 is 24.4 Å². The molecule has 0 bridgehead atoms. The summed E-state index contributed by atoms with van der Waals surface area (Å²) < 4.78 is 16.7. The number of urea groups is 1. The van der Waals surface area contributed by atoms with E-state index in [9.17, 15) is 4.79 Å². The molecule has 0 aliphatic carbocycles. The molecular weight excluding hydrogens is 346 g/mol. The number of carbonyl (C=O) groups excluding carboxylic acids is 1. The molecule has 7 nitrogen and oxygen atoms in total. The highest BCUT2D eigenvalue weighted by molar-refractivity contribution is 5.89. The lowest BCUT2D eigenvalue weighted by molar-refractivity contribution is 0.150. The van der Waals surface area contributed by atoms with Crippen LogP contribution in [0.1, 0.15) is 6.92 Å². The number of benzene rings is 2. The van der Waals surface area contributed by atoms with Crippen molar-refractivity contribution in [2.75, 3.05) is 43.7 Å². The van der Waals surface area contributed by atoms with E-state index in [-0.39, 0.29) is 18.9 Å². The largest absolute Gasteiger partial charge is 0.485 e. The highest BCUT2D eigenvalue weighted by Crippen LogP contribution is 2.35. The maximum atomic E-state index is 12.6. The van der Waals surface area contributed by atoms with Crippen molar-refractivity contribution < 1.29 is 19.0 Å². The summed E-state index contributed by atoms with van der Waals surface area (Å²) >= 11 is 0. The van der Waals surface area contributed by atoms with Gasteiger partial charge in [-0.05, 0) is 31.2 Å². The summed E-state index contributed by atoms with van der Waals surface area (Å²) in [7, 11) is 1.77. The molecule has 0 saturated heterocycles. The van der Waals surface area contributed by atoms with Crippen molar-refractivity contribution >= 4 is 17.4 Å². The van der Waals surface area contributed by atoms with Gasteiger partial charge in [-0.1, -0.05) is 12.1 Å². The van der Waals surface area contributed by atoms with E-state index < -0.39 is 0 Å². The van der Waals surface area contributed by atoms with Gasteiger partial charge in [0.25, 0.3) is 0 Å². The first kappa shape index (κ1) is 17.3. The van der Waals surface area contributed by atoms with Gasteiger partial charge in [0, 0.05) is 25.3 Å². The average molecular weight is 369 g/mol. The number of anilines is 2. The van der Waals surface area contributed by atoms with E-state index in [1.54, 1.807) is 30.1 Å². The van der Waals surface area contributed by atoms with Crippen LogP contribution in [0.4, 0.5) is 16.2 Å². The van der Waals surface area contributed by atoms with Crippen molar-refractivity contribution in [1.29, 1.82) is 0 Å². The molecule has 142 valence electrons. The summed E-state index contributed by atoms with van der Waals surface area (Å²) in [5.41, 5.74) is 1.77. The molecule has 0 saturated carbocycles. The number of rotatable bonds is 4. The second-order valence-corrected chi connectivity index (χ2v) is 6.62. The number of hydrogen-bond acceptors (Lipinski definition) is 5. The molecule has 2 heterocycles. The summed E-state index contributed by atoms with van der Waals surface area (Å²) in [6.45, 7) is 4.45. The van der Waals surface area contributed by atoms with E-state index in [2.05, 4.69) is 23.2 Å². The Labute approximate surface area is 158 Å². The Kier molecular flexibility index (Phi) is 4.66.